The summed E-state index contributed by atoms with van der Waals surface area (Å²) in [6.07, 6.45) is 0. The molecule has 0 radical (unpaired) electrons. The molecule has 1 aromatic carbocycles. The smallest absolute Gasteiger partial charge is 0.318 e. The lowest BCUT2D eigenvalue weighted by molar-refractivity contribution is -0.121. The van der Waals surface area contributed by atoms with Gasteiger partial charge in [-0.2, -0.15) is 0 Å². The molecule has 4 N–H and O–H groups in total. The van der Waals surface area contributed by atoms with Gasteiger partial charge in [0, 0.05) is 6.04 Å². The monoisotopic (exact) mass is 299 g/mol. The van der Waals surface area contributed by atoms with E-state index in [1.54, 1.807) is 12.1 Å². The Morgan fingerprint density at radius 1 is 1.45 bits per heavy atom. The summed E-state index contributed by atoms with van der Waals surface area (Å²) in [6, 6.07) is 4.57. The molecule has 6 nitrogen and oxygen atoms in total. The maximum Gasteiger partial charge on any atom is 0.318 e. The number of ether oxygens (including phenoxy) is 1. The van der Waals surface area contributed by atoms with Crippen molar-refractivity contribution in [3.63, 3.8) is 0 Å². The van der Waals surface area contributed by atoms with Crippen molar-refractivity contribution < 1.29 is 14.3 Å². The molecule has 0 heterocycles. The van der Waals surface area contributed by atoms with Crippen molar-refractivity contribution in [3.8, 4) is 5.75 Å². The van der Waals surface area contributed by atoms with Crippen molar-refractivity contribution in [2.75, 3.05) is 13.2 Å². The van der Waals surface area contributed by atoms with Crippen LogP contribution in [0.2, 0.25) is 5.02 Å². The third kappa shape index (κ3) is 5.07. The number of nitrogens with two attached hydrogens (primary N) is 1. The Labute approximate surface area is 122 Å². The van der Waals surface area contributed by atoms with Gasteiger partial charge in [-0.1, -0.05) is 24.6 Å². The quantitative estimate of drug-likeness (QED) is 0.743. The second-order valence-corrected chi connectivity index (χ2v) is 4.58. The summed E-state index contributed by atoms with van der Waals surface area (Å²) in [5.74, 6) is -0.252. The van der Waals surface area contributed by atoms with Gasteiger partial charge in [-0.25, -0.2) is 4.79 Å². The minimum absolute atomic E-state index is 0.171. The fourth-order valence-corrected chi connectivity index (χ4v) is 1.89. The van der Waals surface area contributed by atoms with Gasteiger partial charge < -0.3 is 15.8 Å². The van der Waals surface area contributed by atoms with E-state index in [2.05, 4.69) is 5.32 Å². The molecule has 1 unspecified atom stereocenters. The van der Waals surface area contributed by atoms with Crippen LogP contribution in [-0.2, 0) is 4.79 Å². The average molecular weight is 300 g/mol. The number of primary amides is 1. The van der Waals surface area contributed by atoms with E-state index >= 15 is 0 Å². The van der Waals surface area contributed by atoms with Gasteiger partial charge in [0.05, 0.1) is 5.02 Å². The molecule has 0 aliphatic carbocycles. The molecular weight excluding hydrogens is 282 g/mol. The number of carbonyl (C=O) groups is 2. The number of benzene rings is 1. The molecule has 1 rings (SSSR count). The highest BCUT2D eigenvalue weighted by molar-refractivity contribution is 6.32. The van der Waals surface area contributed by atoms with Crippen molar-refractivity contribution in [2.24, 2.45) is 5.73 Å². The van der Waals surface area contributed by atoms with E-state index in [9.17, 15) is 9.59 Å². The summed E-state index contributed by atoms with van der Waals surface area (Å²) in [5.41, 5.74) is 5.83. The van der Waals surface area contributed by atoms with E-state index in [-0.39, 0.29) is 12.6 Å². The summed E-state index contributed by atoms with van der Waals surface area (Å²) in [4.78, 5) is 21.7. The SMILES string of the molecule is CCNC(C)c1ccc(OCC(=O)NC(N)=O)c(Cl)c1. The first kappa shape index (κ1) is 16.3. The number of hydrogen-bond donors (Lipinski definition) is 3. The average Bonchev–Trinajstić information content (AvgIpc) is 2.36. The van der Waals surface area contributed by atoms with Gasteiger partial charge in [-0.15, -0.1) is 0 Å². The molecule has 1 aromatic rings. The normalized spacial score (nSPS) is 11.8. The van der Waals surface area contributed by atoms with Crippen molar-refractivity contribution >= 4 is 23.5 Å². The first-order valence-electron chi connectivity index (χ1n) is 6.19. The van der Waals surface area contributed by atoms with Crippen LogP contribution < -0.4 is 21.1 Å². The maximum absolute atomic E-state index is 11.2. The third-order valence-corrected chi connectivity index (χ3v) is 2.88. The Morgan fingerprint density at radius 2 is 2.15 bits per heavy atom. The Hall–Kier alpha value is -1.79. The lowest BCUT2D eigenvalue weighted by Gasteiger charge is -2.14. The summed E-state index contributed by atoms with van der Waals surface area (Å²) >= 11 is 6.09. The molecule has 0 bridgehead atoms. The first-order chi connectivity index (χ1) is 9.43. The minimum atomic E-state index is -0.917. The van der Waals surface area contributed by atoms with E-state index in [0.29, 0.717) is 10.8 Å². The molecule has 0 saturated carbocycles. The number of amides is 3. The Bertz CT molecular complexity index is 494. The highest BCUT2D eigenvalue weighted by Gasteiger charge is 2.10. The molecule has 0 aliphatic rings. The van der Waals surface area contributed by atoms with Gasteiger partial charge >= 0.3 is 6.03 Å². The standard InChI is InChI=1S/C13H18ClN3O3/c1-3-16-8(2)9-4-5-11(10(14)6-9)20-7-12(18)17-13(15)19/h4-6,8,16H,3,7H2,1-2H3,(H3,15,17,18,19). The highest BCUT2D eigenvalue weighted by atomic mass is 35.5. The van der Waals surface area contributed by atoms with Crippen LogP contribution in [0.25, 0.3) is 0 Å². The summed E-state index contributed by atoms with van der Waals surface area (Å²) in [7, 11) is 0. The van der Waals surface area contributed by atoms with Crippen LogP contribution in [0, 0.1) is 0 Å². The molecular formula is C13H18ClN3O3. The number of urea groups is 1. The molecule has 20 heavy (non-hydrogen) atoms. The van der Waals surface area contributed by atoms with Gasteiger partial charge in [0.15, 0.2) is 6.61 Å². The molecule has 0 saturated heterocycles. The lowest BCUT2D eigenvalue weighted by Crippen LogP contribution is -2.38. The van der Waals surface area contributed by atoms with Gasteiger partial charge in [0.2, 0.25) is 0 Å². The zero-order chi connectivity index (χ0) is 15.1. The van der Waals surface area contributed by atoms with E-state index in [1.807, 2.05) is 25.2 Å². The molecule has 0 aromatic heterocycles. The molecule has 110 valence electrons. The Kier molecular flexibility index (Phi) is 6.27. The van der Waals surface area contributed by atoms with Gasteiger partial charge in [-0.05, 0) is 31.2 Å². The lowest BCUT2D eigenvalue weighted by atomic mass is 10.1. The minimum Gasteiger partial charge on any atom is -0.482 e. The summed E-state index contributed by atoms with van der Waals surface area (Å²) in [6.45, 7) is 4.57. The maximum atomic E-state index is 11.2. The van der Waals surface area contributed by atoms with Crippen molar-refractivity contribution in [1.29, 1.82) is 0 Å². The molecule has 3 amide bonds. The fourth-order valence-electron chi connectivity index (χ4n) is 1.64. The fraction of sp³-hybridized carbons (Fsp3) is 0.385. The predicted molar refractivity (Wildman–Crippen MR) is 76.8 cm³/mol. The third-order valence-electron chi connectivity index (χ3n) is 2.59. The van der Waals surface area contributed by atoms with Crippen molar-refractivity contribution in [1.82, 2.24) is 10.6 Å². The molecule has 0 spiro atoms. The second kappa shape index (κ2) is 7.72. The Balaban J connectivity index is 2.64. The van der Waals surface area contributed by atoms with Gasteiger partial charge in [-0.3, -0.25) is 10.1 Å². The number of imide groups is 1. The highest BCUT2D eigenvalue weighted by Crippen LogP contribution is 2.27. The summed E-state index contributed by atoms with van der Waals surface area (Å²) in [5, 5.41) is 5.57. The molecule has 1 atom stereocenters. The van der Waals surface area contributed by atoms with E-state index in [0.717, 1.165) is 12.1 Å². The summed E-state index contributed by atoms with van der Waals surface area (Å²) < 4.78 is 5.22. The first-order valence-corrected chi connectivity index (χ1v) is 6.56. The van der Waals surface area contributed by atoms with E-state index in [1.165, 1.54) is 0 Å². The van der Waals surface area contributed by atoms with Gasteiger partial charge in [0.1, 0.15) is 5.75 Å². The van der Waals surface area contributed by atoms with Crippen LogP contribution in [0.4, 0.5) is 4.79 Å². The predicted octanol–water partition coefficient (Wildman–Crippen LogP) is 1.58. The van der Waals surface area contributed by atoms with Crippen molar-refractivity contribution in [2.45, 2.75) is 19.9 Å². The Morgan fingerprint density at radius 3 is 2.70 bits per heavy atom. The molecule has 0 fully saturated rings. The second-order valence-electron chi connectivity index (χ2n) is 4.17. The van der Waals surface area contributed by atoms with Crippen LogP contribution >= 0.6 is 11.6 Å². The topological polar surface area (TPSA) is 93.4 Å². The van der Waals surface area contributed by atoms with Crippen LogP contribution in [-0.4, -0.2) is 25.1 Å². The van der Waals surface area contributed by atoms with Crippen LogP contribution in [0.15, 0.2) is 18.2 Å². The molecule has 7 heteroatoms. The zero-order valence-corrected chi connectivity index (χ0v) is 12.2. The van der Waals surface area contributed by atoms with Crippen LogP contribution in [0.5, 0.6) is 5.75 Å². The van der Waals surface area contributed by atoms with Crippen LogP contribution in [0.3, 0.4) is 0 Å². The number of halogens is 1. The number of carbonyl (C=O) groups excluding carboxylic acids is 2. The van der Waals surface area contributed by atoms with Crippen molar-refractivity contribution in [3.05, 3.63) is 28.8 Å². The molecule has 0 aliphatic heterocycles. The number of hydrogen-bond acceptors (Lipinski definition) is 4. The number of nitrogens with one attached hydrogen (secondary N) is 2. The zero-order valence-electron chi connectivity index (χ0n) is 11.4. The largest absolute Gasteiger partial charge is 0.482 e. The number of rotatable bonds is 6. The van der Waals surface area contributed by atoms with Crippen LogP contribution in [0.1, 0.15) is 25.5 Å². The van der Waals surface area contributed by atoms with Gasteiger partial charge in [0.25, 0.3) is 5.91 Å². The van der Waals surface area contributed by atoms with E-state index < -0.39 is 11.9 Å². The van der Waals surface area contributed by atoms with E-state index in [4.69, 9.17) is 22.1 Å².